The highest BCUT2D eigenvalue weighted by molar-refractivity contribution is 5.95. The van der Waals surface area contributed by atoms with Crippen LogP contribution in [0.3, 0.4) is 0 Å². The van der Waals surface area contributed by atoms with Gasteiger partial charge in [-0.1, -0.05) is 12.1 Å². The van der Waals surface area contributed by atoms with E-state index >= 15 is 0 Å². The maximum absolute atomic E-state index is 12.8. The highest BCUT2D eigenvalue weighted by Crippen LogP contribution is 2.34. The van der Waals surface area contributed by atoms with Gasteiger partial charge in [-0.05, 0) is 56.3 Å². The van der Waals surface area contributed by atoms with Crippen molar-refractivity contribution in [2.24, 2.45) is 0 Å². The topological polar surface area (TPSA) is 70.9 Å². The van der Waals surface area contributed by atoms with Crippen LogP contribution in [-0.2, 0) is 11.8 Å². The Kier molecular flexibility index (Phi) is 5.10. The average molecular weight is 424 g/mol. The molecule has 0 saturated carbocycles. The van der Waals surface area contributed by atoms with Gasteiger partial charge in [0.15, 0.2) is 5.82 Å². The fourth-order valence-corrected chi connectivity index (χ4v) is 3.34. The maximum atomic E-state index is 12.8. The molecule has 0 unspecified atom stereocenters. The van der Waals surface area contributed by atoms with Crippen molar-refractivity contribution in [3.63, 3.8) is 0 Å². The molecule has 0 spiro atoms. The number of aromatic nitrogens is 3. The summed E-state index contributed by atoms with van der Waals surface area (Å²) in [5, 5.41) is 23.1. The molecule has 0 bridgehead atoms. The predicted octanol–water partition coefficient (Wildman–Crippen LogP) is 5.68. The van der Waals surface area contributed by atoms with E-state index < -0.39 is 17.3 Å². The Morgan fingerprint density at radius 1 is 0.968 bits per heavy atom. The Bertz CT molecular complexity index is 1230. The van der Waals surface area contributed by atoms with Gasteiger partial charge >= 0.3 is 6.18 Å². The van der Waals surface area contributed by atoms with Crippen molar-refractivity contribution in [1.29, 1.82) is 0 Å². The largest absolute Gasteiger partial charge is 0.416 e. The number of fused-ring (bicyclic) bond motifs is 1. The molecule has 0 aliphatic rings. The molecule has 0 atom stereocenters. The summed E-state index contributed by atoms with van der Waals surface area (Å²) in [5.41, 5.74) is 0.839. The number of rotatable bonds is 4. The van der Waals surface area contributed by atoms with Crippen LogP contribution in [0, 0.1) is 0 Å². The lowest BCUT2D eigenvalue weighted by Gasteiger charge is -2.21. The van der Waals surface area contributed by atoms with Crippen LogP contribution < -0.4 is 5.32 Å². The van der Waals surface area contributed by atoms with E-state index in [0.717, 1.165) is 28.5 Å². The van der Waals surface area contributed by atoms with Crippen LogP contribution in [-0.4, -0.2) is 20.3 Å². The highest BCUT2D eigenvalue weighted by atomic mass is 19.4. The zero-order chi connectivity index (χ0) is 22.2. The lowest BCUT2D eigenvalue weighted by Crippen LogP contribution is -2.17. The summed E-state index contributed by atoms with van der Waals surface area (Å²) in [6.45, 7) is 3.40. The van der Waals surface area contributed by atoms with Crippen molar-refractivity contribution in [3.05, 3.63) is 78.1 Å². The molecule has 0 fully saturated rings. The lowest BCUT2D eigenvalue weighted by molar-refractivity contribution is -0.137. The standard InChI is InChI=1S/C23H19F3N4O/c1-22(2,31)19-4-3-11-27-20(19)14-5-10-18-15(12-14)13-28-30-21(18)29-17-8-6-16(7-9-17)23(24,25)26/h3-13,31H,1-2H3,(H,29,30). The number of nitrogens with zero attached hydrogens (tertiary/aromatic N) is 3. The summed E-state index contributed by atoms with van der Waals surface area (Å²) in [4.78, 5) is 4.44. The molecule has 0 amide bonds. The van der Waals surface area contributed by atoms with Gasteiger partial charge in [0.2, 0.25) is 0 Å². The Hall–Kier alpha value is -3.52. The molecule has 5 nitrogen and oxygen atoms in total. The van der Waals surface area contributed by atoms with Gasteiger partial charge in [0.05, 0.1) is 23.1 Å². The van der Waals surface area contributed by atoms with Gasteiger partial charge in [-0.3, -0.25) is 4.98 Å². The Balaban J connectivity index is 1.70. The van der Waals surface area contributed by atoms with Gasteiger partial charge in [0, 0.05) is 33.8 Å². The molecule has 2 N–H and O–H groups in total. The molecule has 8 heteroatoms. The van der Waals surface area contributed by atoms with Crippen LogP contribution in [0.5, 0.6) is 0 Å². The third-order valence-electron chi connectivity index (χ3n) is 4.88. The Morgan fingerprint density at radius 2 is 1.71 bits per heavy atom. The molecule has 2 heterocycles. The predicted molar refractivity (Wildman–Crippen MR) is 113 cm³/mol. The van der Waals surface area contributed by atoms with E-state index in [9.17, 15) is 18.3 Å². The van der Waals surface area contributed by atoms with Crippen LogP contribution in [0.4, 0.5) is 24.7 Å². The van der Waals surface area contributed by atoms with E-state index in [1.807, 2.05) is 24.3 Å². The molecule has 4 rings (SSSR count). The van der Waals surface area contributed by atoms with E-state index in [1.165, 1.54) is 12.1 Å². The maximum Gasteiger partial charge on any atom is 0.416 e. The van der Waals surface area contributed by atoms with Crippen LogP contribution in [0.1, 0.15) is 25.0 Å². The Labute approximate surface area is 176 Å². The molecular formula is C23H19F3N4O. The lowest BCUT2D eigenvalue weighted by atomic mass is 9.93. The SMILES string of the molecule is CC(C)(O)c1cccnc1-c1ccc2c(Nc3ccc(C(F)(F)F)cc3)nncc2c1. The number of anilines is 2. The first kappa shape index (κ1) is 20.7. The number of pyridine rings is 1. The van der Waals surface area contributed by atoms with Gasteiger partial charge in [0.1, 0.15) is 0 Å². The van der Waals surface area contributed by atoms with E-state index in [4.69, 9.17) is 0 Å². The summed E-state index contributed by atoms with van der Waals surface area (Å²) in [6, 6.07) is 13.9. The Morgan fingerprint density at radius 3 is 2.39 bits per heavy atom. The highest BCUT2D eigenvalue weighted by Gasteiger charge is 2.30. The number of nitrogens with one attached hydrogen (secondary N) is 1. The van der Waals surface area contributed by atoms with Crippen molar-refractivity contribution in [3.8, 4) is 11.3 Å². The summed E-state index contributed by atoms with van der Waals surface area (Å²) in [5.74, 6) is 0.424. The molecule has 0 radical (unpaired) electrons. The minimum Gasteiger partial charge on any atom is -0.386 e. The van der Waals surface area contributed by atoms with E-state index in [0.29, 0.717) is 22.8 Å². The summed E-state index contributed by atoms with van der Waals surface area (Å²) in [7, 11) is 0. The molecule has 2 aromatic heterocycles. The molecule has 4 aromatic rings. The minimum atomic E-state index is -4.39. The molecular weight excluding hydrogens is 405 g/mol. The smallest absolute Gasteiger partial charge is 0.386 e. The number of aliphatic hydroxyl groups is 1. The zero-order valence-corrected chi connectivity index (χ0v) is 16.8. The van der Waals surface area contributed by atoms with Crippen molar-refractivity contribution < 1.29 is 18.3 Å². The van der Waals surface area contributed by atoms with Crippen molar-refractivity contribution in [2.75, 3.05) is 5.32 Å². The second-order valence-electron chi connectivity index (χ2n) is 7.65. The van der Waals surface area contributed by atoms with Gasteiger partial charge in [-0.2, -0.15) is 18.3 Å². The molecule has 0 aliphatic heterocycles. The molecule has 0 saturated heterocycles. The molecule has 158 valence electrons. The second kappa shape index (κ2) is 7.63. The molecule has 0 aliphatic carbocycles. The zero-order valence-electron chi connectivity index (χ0n) is 16.8. The molecule has 2 aromatic carbocycles. The first-order chi connectivity index (χ1) is 14.6. The van der Waals surface area contributed by atoms with E-state index in [1.54, 1.807) is 32.3 Å². The first-order valence-electron chi connectivity index (χ1n) is 9.51. The fourth-order valence-electron chi connectivity index (χ4n) is 3.34. The van der Waals surface area contributed by atoms with Crippen LogP contribution in [0.15, 0.2) is 67.0 Å². The number of benzene rings is 2. The fraction of sp³-hybridized carbons (Fsp3) is 0.174. The number of hydrogen-bond donors (Lipinski definition) is 2. The number of halogens is 3. The van der Waals surface area contributed by atoms with Crippen LogP contribution in [0.2, 0.25) is 0 Å². The first-order valence-corrected chi connectivity index (χ1v) is 9.51. The van der Waals surface area contributed by atoms with Gasteiger partial charge in [0.25, 0.3) is 0 Å². The van der Waals surface area contributed by atoms with E-state index in [2.05, 4.69) is 20.5 Å². The minimum absolute atomic E-state index is 0.424. The summed E-state index contributed by atoms with van der Waals surface area (Å²) < 4.78 is 38.3. The van der Waals surface area contributed by atoms with Gasteiger partial charge in [-0.15, -0.1) is 5.10 Å². The van der Waals surface area contributed by atoms with Crippen LogP contribution in [0.25, 0.3) is 22.0 Å². The summed E-state index contributed by atoms with van der Waals surface area (Å²) in [6.07, 6.45) is -1.12. The van der Waals surface area contributed by atoms with Crippen LogP contribution >= 0.6 is 0 Å². The van der Waals surface area contributed by atoms with E-state index in [-0.39, 0.29) is 0 Å². The average Bonchev–Trinajstić information content (AvgIpc) is 2.73. The third-order valence-corrected chi connectivity index (χ3v) is 4.88. The van der Waals surface area contributed by atoms with Gasteiger partial charge in [-0.25, -0.2) is 0 Å². The normalized spacial score (nSPS) is 12.2. The molecule has 31 heavy (non-hydrogen) atoms. The number of alkyl halides is 3. The monoisotopic (exact) mass is 424 g/mol. The van der Waals surface area contributed by atoms with Crippen molar-refractivity contribution in [1.82, 2.24) is 15.2 Å². The van der Waals surface area contributed by atoms with Crippen molar-refractivity contribution >= 4 is 22.3 Å². The quantitative estimate of drug-likeness (QED) is 0.441. The number of hydrogen-bond acceptors (Lipinski definition) is 5. The summed E-state index contributed by atoms with van der Waals surface area (Å²) >= 11 is 0. The van der Waals surface area contributed by atoms with Crippen molar-refractivity contribution in [2.45, 2.75) is 25.6 Å². The third kappa shape index (κ3) is 4.34. The van der Waals surface area contributed by atoms with Gasteiger partial charge < -0.3 is 10.4 Å². The second-order valence-corrected chi connectivity index (χ2v) is 7.65.